The van der Waals surface area contributed by atoms with Gasteiger partial charge < -0.3 is 9.64 Å². The normalized spacial score (nSPS) is 15.7. The Morgan fingerprint density at radius 2 is 1.97 bits per heavy atom. The average Bonchev–Trinajstić information content (AvgIpc) is 3.39. The van der Waals surface area contributed by atoms with E-state index in [1.807, 2.05) is 38.1 Å². The Hall–Kier alpha value is -2.84. The van der Waals surface area contributed by atoms with Crippen LogP contribution in [0.15, 0.2) is 24.3 Å². The number of fused-ring (bicyclic) bond motifs is 1. The molecule has 1 aliphatic heterocycles. The predicted octanol–water partition coefficient (Wildman–Crippen LogP) is 3.79. The van der Waals surface area contributed by atoms with Crippen LogP contribution in [0.25, 0.3) is 11.3 Å². The number of hydrogen-bond donors (Lipinski definition) is 1. The second-order valence-electron chi connectivity index (χ2n) is 7.95. The SMILES string of the molecule is Cc1nc(NC(=O)c2cccc(-c3nc(N4CCOCC4)nc4c3CCC4)c2)sc1C. The molecule has 0 atom stereocenters. The van der Waals surface area contributed by atoms with Crippen LogP contribution in [0, 0.1) is 13.8 Å². The number of rotatable bonds is 4. The number of aryl methyl sites for hydroxylation is 3. The van der Waals surface area contributed by atoms with Gasteiger partial charge in [-0.2, -0.15) is 0 Å². The number of nitrogens with zero attached hydrogens (tertiary/aromatic N) is 4. The predicted molar refractivity (Wildman–Crippen MR) is 122 cm³/mol. The Labute approximate surface area is 185 Å². The third-order valence-electron chi connectivity index (χ3n) is 5.86. The number of nitrogens with one attached hydrogen (secondary N) is 1. The molecule has 31 heavy (non-hydrogen) atoms. The summed E-state index contributed by atoms with van der Waals surface area (Å²) in [6.45, 7) is 6.94. The van der Waals surface area contributed by atoms with Crippen LogP contribution in [-0.4, -0.2) is 47.2 Å². The fourth-order valence-electron chi connectivity index (χ4n) is 4.07. The van der Waals surface area contributed by atoms with Crippen LogP contribution in [0.5, 0.6) is 0 Å². The minimum Gasteiger partial charge on any atom is -0.378 e. The van der Waals surface area contributed by atoms with Crippen LogP contribution in [0.1, 0.15) is 38.6 Å². The van der Waals surface area contributed by atoms with Gasteiger partial charge in [0.25, 0.3) is 5.91 Å². The van der Waals surface area contributed by atoms with Crippen molar-refractivity contribution in [1.29, 1.82) is 0 Å². The summed E-state index contributed by atoms with van der Waals surface area (Å²) in [6, 6.07) is 7.70. The Bertz CT molecular complexity index is 1120. The lowest BCUT2D eigenvalue weighted by Crippen LogP contribution is -2.37. The molecule has 8 heteroatoms. The number of carbonyl (C=O) groups excluding carboxylic acids is 1. The molecule has 2 aromatic heterocycles. The molecule has 160 valence electrons. The van der Waals surface area contributed by atoms with Crippen molar-refractivity contribution in [1.82, 2.24) is 15.0 Å². The number of aromatic nitrogens is 3. The number of carbonyl (C=O) groups is 1. The third kappa shape index (κ3) is 4.05. The summed E-state index contributed by atoms with van der Waals surface area (Å²) < 4.78 is 5.48. The van der Waals surface area contributed by atoms with Crippen molar-refractivity contribution >= 4 is 28.3 Å². The summed E-state index contributed by atoms with van der Waals surface area (Å²) in [5.41, 5.74) is 5.78. The van der Waals surface area contributed by atoms with Gasteiger partial charge in [-0.1, -0.05) is 12.1 Å². The monoisotopic (exact) mass is 435 g/mol. The van der Waals surface area contributed by atoms with Crippen molar-refractivity contribution in [3.8, 4) is 11.3 Å². The van der Waals surface area contributed by atoms with E-state index in [1.165, 1.54) is 16.9 Å². The van der Waals surface area contributed by atoms with Gasteiger partial charge in [0.05, 0.1) is 24.6 Å². The van der Waals surface area contributed by atoms with Gasteiger partial charge in [0.2, 0.25) is 5.95 Å². The maximum absolute atomic E-state index is 12.9. The zero-order chi connectivity index (χ0) is 21.4. The highest BCUT2D eigenvalue weighted by atomic mass is 32.1. The van der Waals surface area contributed by atoms with Crippen molar-refractivity contribution in [2.24, 2.45) is 0 Å². The number of amides is 1. The van der Waals surface area contributed by atoms with E-state index in [1.54, 1.807) is 0 Å². The highest BCUT2D eigenvalue weighted by Crippen LogP contribution is 2.32. The van der Waals surface area contributed by atoms with Gasteiger partial charge in [0, 0.05) is 40.4 Å². The number of anilines is 2. The van der Waals surface area contributed by atoms with Crippen LogP contribution in [0.3, 0.4) is 0 Å². The summed E-state index contributed by atoms with van der Waals surface area (Å²) in [5, 5.41) is 3.56. The lowest BCUT2D eigenvalue weighted by molar-refractivity contribution is 0.102. The molecule has 0 spiro atoms. The van der Waals surface area contributed by atoms with E-state index in [0.717, 1.165) is 65.8 Å². The summed E-state index contributed by atoms with van der Waals surface area (Å²) in [5.74, 6) is 0.609. The molecule has 7 nitrogen and oxygen atoms in total. The Balaban J connectivity index is 1.47. The third-order valence-corrected chi connectivity index (χ3v) is 6.85. The number of thiazole rings is 1. The second kappa shape index (κ2) is 8.36. The molecule has 0 radical (unpaired) electrons. The minimum absolute atomic E-state index is 0.158. The number of morpholine rings is 1. The van der Waals surface area contributed by atoms with Crippen LogP contribution >= 0.6 is 11.3 Å². The second-order valence-corrected chi connectivity index (χ2v) is 9.15. The van der Waals surface area contributed by atoms with Crippen molar-refractivity contribution < 1.29 is 9.53 Å². The molecular formula is C23H25N5O2S. The van der Waals surface area contributed by atoms with Gasteiger partial charge in [-0.3, -0.25) is 10.1 Å². The first kappa shape index (κ1) is 20.1. The summed E-state index contributed by atoms with van der Waals surface area (Å²) in [7, 11) is 0. The quantitative estimate of drug-likeness (QED) is 0.672. The lowest BCUT2D eigenvalue weighted by atomic mass is 10.0. The first-order valence-corrected chi connectivity index (χ1v) is 11.5. The number of hydrogen-bond acceptors (Lipinski definition) is 7. The molecule has 3 aromatic rings. The summed E-state index contributed by atoms with van der Waals surface area (Å²) in [6.07, 6.45) is 3.04. The van der Waals surface area contributed by atoms with Gasteiger partial charge in [-0.05, 0) is 45.2 Å². The summed E-state index contributed by atoms with van der Waals surface area (Å²) >= 11 is 1.49. The minimum atomic E-state index is -0.158. The van der Waals surface area contributed by atoms with E-state index in [9.17, 15) is 4.79 Å². The molecule has 0 bridgehead atoms. The van der Waals surface area contributed by atoms with Gasteiger partial charge in [-0.25, -0.2) is 15.0 Å². The first-order valence-electron chi connectivity index (χ1n) is 10.7. The average molecular weight is 436 g/mol. The van der Waals surface area contributed by atoms with E-state index in [2.05, 4.69) is 15.2 Å². The van der Waals surface area contributed by atoms with Crippen LogP contribution < -0.4 is 10.2 Å². The number of ether oxygens (including phenoxy) is 1. The molecule has 1 aliphatic carbocycles. The molecule has 1 saturated heterocycles. The molecule has 1 fully saturated rings. The summed E-state index contributed by atoms with van der Waals surface area (Å²) in [4.78, 5) is 30.4. The van der Waals surface area contributed by atoms with E-state index in [4.69, 9.17) is 14.7 Å². The van der Waals surface area contributed by atoms with E-state index < -0.39 is 0 Å². The standard InChI is InChI=1S/C23H25N5O2S/c1-14-15(2)31-23(24-14)27-21(29)17-6-3-5-16(13-17)20-18-7-4-8-19(18)25-22(26-20)28-9-11-30-12-10-28/h3,5-6,13H,4,7-12H2,1-2H3,(H,24,27,29). The maximum atomic E-state index is 12.9. The molecular weight excluding hydrogens is 410 g/mol. The smallest absolute Gasteiger partial charge is 0.257 e. The fraction of sp³-hybridized carbons (Fsp3) is 0.391. The van der Waals surface area contributed by atoms with Crippen LogP contribution in [0.4, 0.5) is 11.1 Å². The molecule has 1 N–H and O–H groups in total. The highest BCUT2D eigenvalue weighted by molar-refractivity contribution is 7.15. The van der Waals surface area contributed by atoms with Crippen molar-refractivity contribution in [2.45, 2.75) is 33.1 Å². The Morgan fingerprint density at radius 3 is 2.74 bits per heavy atom. The largest absolute Gasteiger partial charge is 0.378 e. The fourth-order valence-corrected chi connectivity index (χ4v) is 4.88. The Morgan fingerprint density at radius 1 is 1.13 bits per heavy atom. The lowest BCUT2D eigenvalue weighted by Gasteiger charge is -2.27. The van der Waals surface area contributed by atoms with Gasteiger partial charge >= 0.3 is 0 Å². The molecule has 1 amide bonds. The molecule has 5 rings (SSSR count). The zero-order valence-electron chi connectivity index (χ0n) is 17.8. The number of benzene rings is 1. The van der Waals surface area contributed by atoms with E-state index in [0.29, 0.717) is 23.9 Å². The highest BCUT2D eigenvalue weighted by Gasteiger charge is 2.24. The van der Waals surface area contributed by atoms with E-state index >= 15 is 0 Å². The van der Waals surface area contributed by atoms with Crippen molar-refractivity contribution in [3.63, 3.8) is 0 Å². The molecule has 1 aromatic carbocycles. The van der Waals surface area contributed by atoms with Crippen molar-refractivity contribution in [2.75, 3.05) is 36.5 Å². The zero-order valence-corrected chi connectivity index (χ0v) is 18.6. The first-order chi connectivity index (χ1) is 15.1. The molecule has 2 aliphatic rings. The molecule has 3 heterocycles. The Kier molecular flexibility index (Phi) is 5.41. The van der Waals surface area contributed by atoms with Gasteiger partial charge in [-0.15, -0.1) is 11.3 Å². The van der Waals surface area contributed by atoms with Gasteiger partial charge in [0.15, 0.2) is 5.13 Å². The van der Waals surface area contributed by atoms with Crippen LogP contribution in [0.2, 0.25) is 0 Å². The van der Waals surface area contributed by atoms with E-state index in [-0.39, 0.29) is 5.91 Å². The van der Waals surface area contributed by atoms with Crippen LogP contribution in [-0.2, 0) is 17.6 Å². The molecule has 0 unspecified atom stereocenters. The van der Waals surface area contributed by atoms with Gasteiger partial charge in [0.1, 0.15) is 0 Å². The van der Waals surface area contributed by atoms with Crippen molar-refractivity contribution in [3.05, 3.63) is 51.7 Å². The maximum Gasteiger partial charge on any atom is 0.257 e. The topological polar surface area (TPSA) is 80.2 Å². The molecule has 0 saturated carbocycles.